The molecule has 4 saturated carbocycles. The summed E-state index contributed by atoms with van der Waals surface area (Å²) in [6, 6.07) is 0. The zero-order valence-electron chi connectivity index (χ0n) is 22.6. The van der Waals surface area contributed by atoms with Gasteiger partial charge in [-0.1, -0.05) is 53.2 Å². The molecule has 0 aromatic carbocycles. The first-order chi connectivity index (χ1) is 16.1. The fourth-order valence-corrected chi connectivity index (χ4v) is 10.7. The number of aliphatic carboxylic acids is 1. The number of carboxylic acid groups (broad SMARTS) is 1. The van der Waals surface area contributed by atoms with Crippen LogP contribution in [0.4, 0.5) is 0 Å². The Morgan fingerprint density at radius 2 is 1.60 bits per heavy atom. The Morgan fingerprint density at radius 3 is 2.23 bits per heavy atom. The topological polar surface area (TPSA) is 94.8 Å². The van der Waals surface area contributed by atoms with Gasteiger partial charge in [0.1, 0.15) is 6.29 Å². The average molecular weight is 487 g/mol. The number of carboxylic acids is 1. The molecule has 35 heavy (non-hydrogen) atoms. The minimum absolute atomic E-state index is 0.0138. The van der Waals surface area contributed by atoms with Crippen molar-refractivity contribution in [2.24, 2.45) is 50.2 Å². The molecule has 5 heteroatoms. The minimum Gasteiger partial charge on any atom is -0.481 e. The Balaban J connectivity index is 1.61. The van der Waals surface area contributed by atoms with Crippen LogP contribution in [0, 0.1) is 50.2 Å². The molecule has 5 rings (SSSR count). The van der Waals surface area contributed by atoms with Crippen LogP contribution < -0.4 is 0 Å². The molecule has 0 aliphatic heterocycles. The van der Waals surface area contributed by atoms with Gasteiger partial charge >= 0.3 is 5.97 Å². The molecule has 0 aromatic heterocycles. The van der Waals surface area contributed by atoms with Crippen LogP contribution in [-0.2, 0) is 9.59 Å². The van der Waals surface area contributed by atoms with Crippen molar-refractivity contribution in [3.8, 4) is 0 Å². The van der Waals surface area contributed by atoms with Gasteiger partial charge in [-0.3, -0.25) is 4.79 Å². The first kappa shape index (κ1) is 25.4. The van der Waals surface area contributed by atoms with Gasteiger partial charge in [0.2, 0.25) is 0 Å². The highest BCUT2D eigenvalue weighted by atomic mass is 16.4. The van der Waals surface area contributed by atoms with Crippen LogP contribution >= 0.6 is 0 Å². The number of carbonyl (C=O) groups is 2. The Kier molecular flexibility index (Phi) is 5.40. The van der Waals surface area contributed by atoms with E-state index in [0.29, 0.717) is 43.9 Å². The van der Waals surface area contributed by atoms with Crippen LogP contribution in [0.1, 0.15) is 99.3 Å². The summed E-state index contributed by atoms with van der Waals surface area (Å²) in [7, 11) is 0. The van der Waals surface area contributed by atoms with Crippen LogP contribution in [0.15, 0.2) is 11.6 Å². The van der Waals surface area contributed by atoms with E-state index in [1.54, 1.807) is 0 Å². The predicted molar refractivity (Wildman–Crippen MR) is 134 cm³/mol. The maximum atomic E-state index is 12.8. The summed E-state index contributed by atoms with van der Waals surface area (Å²) in [5.74, 6) is -0.0873. The van der Waals surface area contributed by atoms with Crippen molar-refractivity contribution in [2.75, 3.05) is 0 Å². The second kappa shape index (κ2) is 7.43. The second-order valence-electron chi connectivity index (χ2n) is 14.8. The maximum absolute atomic E-state index is 12.8. The fraction of sp³-hybridized carbons (Fsp3) is 0.867. The van der Waals surface area contributed by atoms with E-state index in [-0.39, 0.29) is 27.6 Å². The fourth-order valence-electron chi connectivity index (χ4n) is 10.7. The molecule has 3 N–H and O–H groups in total. The van der Waals surface area contributed by atoms with Crippen LogP contribution in [0.5, 0.6) is 0 Å². The number of aldehydes is 1. The highest BCUT2D eigenvalue weighted by Gasteiger charge is 2.70. The van der Waals surface area contributed by atoms with Gasteiger partial charge in [-0.2, -0.15) is 0 Å². The first-order valence-electron chi connectivity index (χ1n) is 13.9. The normalized spacial score (nSPS) is 54.9. The van der Waals surface area contributed by atoms with Gasteiger partial charge in [0.15, 0.2) is 0 Å². The Bertz CT molecular complexity index is 970. The molecule has 0 spiro atoms. The highest BCUT2D eigenvalue weighted by Crippen LogP contribution is 2.75. The van der Waals surface area contributed by atoms with Crippen molar-refractivity contribution in [3.63, 3.8) is 0 Å². The van der Waals surface area contributed by atoms with Gasteiger partial charge in [-0.15, -0.1) is 0 Å². The minimum atomic E-state index is -0.759. The van der Waals surface area contributed by atoms with Crippen molar-refractivity contribution in [1.29, 1.82) is 0 Å². The molecule has 0 heterocycles. The number of carbonyl (C=O) groups excluding carboxylic acids is 1. The lowest BCUT2D eigenvalue weighted by atomic mass is 9.33. The zero-order valence-corrected chi connectivity index (χ0v) is 22.6. The van der Waals surface area contributed by atoms with Crippen molar-refractivity contribution in [3.05, 3.63) is 11.6 Å². The quantitative estimate of drug-likeness (QED) is 0.360. The summed E-state index contributed by atoms with van der Waals surface area (Å²) in [6.07, 6.45) is 8.99. The predicted octanol–water partition coefficient (Wildman–Crippen LogP) is 5.38. The van der Waals surface area contributed by atoms with Crippen molar-refractivity contribution in [1.82, 2.24) is 0 Å². The standard InChI is InChI=1S/C30H46O5/c1-25(2)21-9-10-29(6)22(27(21,4)16-20(32)23(25)33)8-7-18-19-15-26(3,17-31)11-13-30(19,24(34)35)14-12-28(18,29)5/h7,17,19-23,32-33H,8-16H2,1-6H3,(H,34,35)/t19-,20-,21-,22+,23-,26-,27-,28+,29+,30-/m0/s1. The van der Waals surface area contributed by atoms with E-state index in [4.69, 9.17) is 0 Å². The Labute approximate surface area is 210 Å². The largest absolute Gasteiger partial charge is 0.481 e. The van der Waals surface area contributed by atoms with Gasteiger partial charge in [0.25, 0.3) is 0 Å². The lowest BCUT2D eigenvalue weighted by Crippen LogP contribution is -2.67. The van der Waals surface area contributed by atoms with Gasteiger partial charge in [0.05, 0.1) is 17.6 Å². The smallest absolute Gasteiger partial charge is 0.310 e. The SMILES string of the molecule is CC1(C)[C@@H](O)[C@@H](O)C[C@]2(C)[C@H]3CC=C4[C@@H]5C[C@@](C)(C=O)CC[C@]5(C(=O)O)CC[C@@]4(C)[C@]3(C)CC[C@@H]12. The number of rotatable bonds is 2. The molecule has 0 unspecified atom stereocenters. The molecule has 4 fully saturated rings. The first-order valence-corrected chi connectivity index (χ1v) is 13.9. The summed E-state index contributed by atoms with van der Waals surface area (Å²) >= 11 is 0. The molecule has 5 aliphatic rings. The summed E-state index contributed by atoms with van der Waals surface area (Å²) in [6.45, 7) is 13.4. The lowest BCUT2D eigenvalue weighted by molar-refractivity contribution is -0.231. The third-order valence-electron chi connectivity index (χ3n) is 13.1. The van der Waals surface area contributed by atoms with Crippen LogP contribution in [0.25, 0.3) is 0 Å². The summed E-state index contributed by atoms with van der Waals surface area (Å²) in [5, 5.41) is 32.3. The number of aliphatic hydroxyl groups excluding tert-OH is 2. The van der Waals surface area contributed by atoms with Gasteiger partial charge in [0, 0.05) is 5.41 Å². The molecular formula is C30H46O5. The number of hydrogen-bond donors (Lipinski definition) is 3. The summed E-state index contributed by atoms with van der Waals surface area (Å²) in [5.41, 5.74) is -0.497. The van der Waals surface area contributed by atoms with Gasteiger partial charge in [-0.25, -0.2) is 0 Å². The van der Waals surface area contributed by atoms with E-state index in [0.717, 1.165) is 32.0 Å². The molecule has 0 saturated heterocycles. The molecule has 0 amide bonds. The Hall–Kier alpha value is -1.20. The average Bonchev–Trinajstić information content (AvgIpc) is 2.78. The van der Waals surface area contributed by atoms with Crippen molar-refractivity contribution >= 4 is 12.3 Å². The number of aliphatic hydroxyl groups is 2. The Morgan fingerprint density at radius 1 is 0.943 bits per heavy atom. The third-order valence-corrected chi connectivity index (χ3v) is 13.1. The molecule has 0 bridgehead atoms. The highest BCUT2D eigenvalue weighted by molar-refractivity contribution is 5.77. The van der Waals surface area contributed by atoms with Crippen LogP contribution in [0.3, 0.4) is 0 Å². The monoisotopic (exact) mass is 486 g/mol. The molecule has 0 aromatic rings. The van der Waals surface area contributed by atoms with Gasteiger partial charge in [-0.05, 0) is 97.2 Å². The van der Waals surface area contributed by atoms with E-state index in [9.17, 15) is 24.9 Å². The van der Waals surface area contributed by atoms with E-state index in [1.807, 2.05) is 6.92 Å². The molecule has 5 aliphatic carbocycles. The molecule has 0 radical (unpaired) electrons. The molecule has 10 atom stereocenters. The lowest BCUT2D eigenvalue weighted by Gasteiger charge is -2.71. The summed E-state index contributed by atoms with van der Waals surface area (Å²) < 4.78 is 0. The van der Waals surface area contributed by atoms with Crippen molar-refractivity contribution in [2.45, 2.75) is 112 Å². The van der Waals surface area contributed by atoms with Crippen LogP contribution in [-0.4, -0.2) is 39.8 Å². The number of fused-ring (bicyclic) bond motifs is 7. The maximum Gasteiger partial charge on any atom is 0.310 e. The third kappa shape index (κ3) is 3.00. The molecule has 5 nitrogen and oxygen atoms in total. The number of allylic oxidation sites excluding steroid dienone is 2. The molecular weight excluding hydrogens is 440 g/mol. The molecule has 196 valence electrons. The van der Waals surface area contributed by atoms with E-state index >= 15 is 0 Å². The van der Waals surface area contributed by atoms with Crippen molar-refractivity contribution < 1.29 is 24.9 Å². The number of hydrogen-bond acceptors (Lipinski definition) is 4. The second-order valence-corrected chi connectivity index (χ2v) is 14.8. The summed E-state index contributed by atoms with van der Waals surface area (Å²) in [4.78, 5) is 24.8. The van der Waals surface area contributed by atoms with E-state index in [2.05, 4.69) is 40.7 Å². The van der Waals surface area contributed by atoms with E-state index in [1.165, 1.54) is 5.57 Å². The van der Waals surface area contributed by atoms with E-state index < -0.39 is 29.0 Å². The zero-order chi connectivity index (χ0) is 25.8. The van der Waals surface area contributed by atoms with Crippen LogP contribution in [0.2, 0.25) is 0 Å². The van der Waals surface area contributed by atoms with Gasteiger partial charge < -0.3 is 20.1 Å².